The first-order chi connectivity index (χ1) is 20.3. The molecule has 236 valence electrons. The molecule has 13 heteroatoms. The molecule has 9 nitrogen and oxygen atoms in total. The summed E-state index contributed by atoms with van der Waals surface area (Å²) in [5, 5.41) is 0. The number of halogens is 3. The summed E-state index contributed by atoms with van der Waals surface area (Å²) in [5.74, 6) is 0.822. The molecule has 4 heterocycles. The molecule has 0 atom stereocenters. The summed E-state index contributed by atoms with van der Waals surface area (Å²) < 4.78 is 64.1. The zero-order valence-corrected chi connectivity index (χ0v) is 25.9. The average molecular weight is 623 g/mol. The second-order valence-electron chi connectivity index (χ2n) is 12.1. The van der Waals surface area contributed by atoms with E-state index in [1.54, 1.807) is 19.2 Å². The topological polar surface area (TPSA) is 90.0 Å². The SMILES string of the molecule is Cc1c(C(=O)N2CCC(N3CCC(N(C)S(C)(=O)=O)CC3)CC2)ncnc1N1CCC(c2ccc(C(F)(F)F)cc2)CC1. The zero-order chi connectivity index (χ0) is 30.9. The van der Waals surface area contributed by atoms with Crippen molar-refractivity contribution < 1.29 is 26.4 Å². The largest absolute Gasteiger partial charge is 0.416 e. The van der Waals surface area contributed by atoms with Crippen LogP contribution in [0.25, 0.3) is 0 Å². The quantitative estimate of drug-likeness (QED) is 0.478. The second-order valence-corrected chi connectivity index (χ2v) is 14.2. The van der Waals surface area contributed by atoms with Crippen LogP contribution in [0.2, 0.25) is 0 Å². The molecule has 0 N–H and O–H groups in total. The van der Waals surface area contributed by atoms with Crippen molar-refractivity contribution in [1.29, 1.82) is 0 Å². The third-order valence-corrected chi connectivity index (χ3v) is 10.9. The number of sulfonamides is 1. The van der Waals surface area contributed by atoms with Gasteiger partial charge in [-0.3, -0.25) is 4.79 Å². The number of piperidine rings is 3. The molecule has 3 saturated heterocycles. The van der Waals surface area contributed by atoms with Gasteiger partial charge in [0.05, 0.1) is 11.8 Å². The summed E-state index contributed by atoms with van der Waals surface area (Å²) in [4.78, 5) is 28.9. The smallest absolute Gasteiger partial charge is 0.356 e. The number of nitrogens with zero attached hydrogens (tertiary/aromatic N) is 6. The molecule has 2 aromatic rings. The molecule has 3 aliphatic heterocycles. The minimum Gasteiger partial charge on any atom is -0.356 e. The van der Waals surface area contributed by atoms with Crippen LogP contribution in [0.15, 0.2) is 30.6 Å². The van der Waals surface area contributed by atoms with Crippen LogP contribution in [0, 0.1) is 6.92 Å². The molecule has 1 amide bonds. The van der Waals surface area contributed by atoms with Gasteiger partial charge in [-0.2, -0.15) is 13.2 Å². The van der Waals surface area contributed by atoms with Gasteiger partial charge in [-0.1, -0.05) is 12.1 Å². The van der Waals surface area contributed by atoms with E-state index in [0.29, 0.717) is 37.9 Å². The van der Waals surface area contributed by atoms with Gasteiger partial charge in [0.1, 0.15) is 17.8 Å². The Morgan fingerprint density at radius 3 is 2.07 bits per heavy atom. The van der Waals surface area contributed by atoms with Gasteiger partial charge in [0.2, 0.25) is 10.0 Å². The van der Waals surface area contributed by atoms with E-state index < -0.39 is 21.8 Å². The van der Waals surface area contributed by atoms with E-state index >= 15 is 0 Å². The minimum absolute atomic E-state index is 0.0402. The predicted molar refractivity (Wildman–Crippen MR) is 159 cm³/mol. The summed E-state index contributed by atoms with van der Waals surface area (Å²) in [6.07, 6.45) is 3.29. The van der Waals surface area contributed by atoms with E-state index in [0.717, 1.165) is 80.7 Å². The van der Waals surface area contributed by atoms with Gasteiger partial charge in [-0.15, -0.1) is 0 Å². The Kier molecular flexibility index (Phi) is 9.34. The van der Waals surface area contributed by atoms with E-state index in [1.165, 1.54) is 16.9 Å². The Bertz CT molecular complexity index is 1380. The third kappa shape index (κ3) is 7.15. The molecule has 3 aliphatic rings. The highest BCUT2D eigenvalue weighted by molar-refractivity contribution is 7.88. The van der Waals surface area contributed by atoms with Crippen LogP contribution < -0.4 is 4.90 Å². The van der Waals surface area contributed by atoms with Crippen molar-refractivity contribution in [2.75, 3.05) is 57.5 Å². The number of aromatic nitrogens is 2. The molecule has 1 aromatic heterocycles. The lowest BCUT2D eigenvalue weighted by Crippen LogP contribution is -2.52. The normalized spacial score (nSPS) is 20.6. The lowest BCUT2D eigenvalue weighted by Gasteiger charge is -2.43. The van der Waals surface area contributed by atoms with Crippen LogP contribution in [0.4, 0.5) is 19.0 Å². The maximum atomic E-state index is 13.5. The molecular formula is C30H41F3N6O3S. The van der Waals surface area contributed by atoms with Crippen LogP contribution >= 0.6 is 0 Å². The summed E-state index contributed by atoms with van der Waals surface area (Å²) in [5.41, 5.74) is 1.45. The van der Waals surface area contributed by atoms with Crippen molar-refractivity contribution in [3.8, 4) is 0 Å². The lowest BCUT2D eigenvalue weighted by molar-refractivity contribution is -0.137. The van der Waals surface area contributed by atoms with E-state index in [9.17, 15) is 26.4 Å². The van der Waals surface area contributed by atoms with Gasteiger partial charge in [0.25, 0.3) is 5.91 Å². The van der Waals surface area contributed by atoms with Crippen LogP contribution in [-0.2, 0) is 16.2 Å². The fraction of sp³-hybridized carbons (Fsp3) is 0.633. The summed E-state index contributed by atoms with van der Waals surface area (Å²) in [6, 6.07) is 5.89. The molecule has 0 saturated carbocycles. The van der Waals surface area contributed by atoms with E-state index in [-0.39, 0.29) is 17.9 Å². The Hall–Kier alpha value is -2.77. The van der Waals surface area contributed by atoms with Gasteiger partial charge in [-0.25, -0.2) is 22.7 Å². The number of amides is 1. The minimum atomic E-state index is -4.34. The average Bonchev–Trinajstić information content (AvgIpc) is 3.00. The van der Waals surface area contributed by atoms with Crippen LogP contribution in [0.1, 0.15) is 71.6 Å². The molecular weight excluding hydrogens is 581 g/mol. The van der Waals surface area contributed by atoms with Crippen molar-refractivity contribution in [2.24, 2.45) is 0 Å². The van der Waals surface area contributed by atoms with Crippen molar-refractivity contribution in [2.45, 2.75) is 69.6 Å². The number of hydrogen-bond acceptors (Lipinski definition) is 7. The van der Waals surface area contributed by atoms with Gasteiger partial charge < -0.3 is 14.7 Å². The van der Waals surface area contributed by atoms with E-state index in [2.05, 4.69) is 19.8 Å². The van der Waals surface area contributed by atoms with Crippen molar-refractivity contribution >= 4 is 21.7 Å². The first kappa shape index (κ1) is 31.6. The molecule has 0 bridgehead atoms. The summed E-state index contributed by atoms with van der Waals surface area (Å²) >= 11 is 0. The van der Waals surface area contributed by atoms with Crippen LogP contribution in [0.3, 0.4) is 0 Å². The highest BCUT2D eigenvalue weighted by Gasteiger charge is 2.34. The zero-order valence-electron chi connectivity index (χ0n) is 25.1. The number of benzene rings is 1. The molecule has 0 radical (unpaired) electrons. The number of carbonyl (C=O) groups is 1. The number of anilines is 1. The fourth-order valence-electron chi connectivity index (χ4n) is 6.81. The van der Waals surface area contributed by atoms with E-state index in [1.807, 2.05) is 11.8 Å². The number of rotatable bonds is 6. The van der Waals surface area contributed by atoms with Crippen molar-refractivity contribution in [3.63, 3.8) is 0 Å². The maximum Gasteiger partial charge on any atom is 0.416 e. The van der Waals surface area contributed by atoms with Crippen LogP contribution in [-0.4, -0.2) is 103 Å². The molecule has 3 fully saturated rings. The molecule has 1 aromatic carbocycles. The van der Waals surface area contributed by atoms with E-state index in [4.69, 9.17) is 0 Å². The molecule has 0 aliphatic carbocycles. The fourth-order valence-corrected chi connectivity index (χ4v) is 7.57. The molecule has 0 spiro atoms. The van der Waals surface area contributed by atoms with Gasteiger partial charge in [-0.05, 0) is 82.2 Å². The highest BCUT2D eigenvalue weighted by Crippen LogP contribution is 2.34. The van der Waals surface area contributed by atoms with Crippen molar-refractivity contribution in [3.05, 3.63) is 53.0 Å². The molecule has 43 heavy (non-hydrogen) atoms. The Morgan fingerprint density at radius 1 is 0.907 bits per heavy atom. The number of likely N-dealkylation sites (tertiary alicyclic amines) is 2. The standard InChI is InChI=1S/C30H41F3N6O3S/c1-21-27(29(40)39-18-12-26(13-19-39)37-16-10-25(11-17-37)36(2)43(3,41)42)34-20-35-28(21)38-14-8-23(9-15-38)22-4-6-24(7-5-22)30(31,32)33/h4-7,20,23,25-26H,8-19H2,1-3H3. The Morgan fingerprint density at radius 2 is 1.51 bits per heavy atom. The maximum absolute atomic E-state index is 13.5. The predicted octanol–water partition coefficient (Wildman–Crippen LogP) is 4.15. The summed E-state index contributed by atoms with van der Waals surface area (Å²) in [6.45, 7) is 6.27. The number of alkyl halides is 3. The molecule has 5 rings (SSSR count). The Labute approximate surface area is 252 Å². The monoisotopic (exact) mass is 622 g/mol. The first-order valence-electron chi connectivity index (χ1n) is 15.0. The number of carbonyl (C=O) groups excluding carboxylic acids is 1. The lowest BCUT2D eigenvalue weighted by atomic mass is 9.89. The summed E-state index contributed by atoms with van der Waals surface area (Å²) in [7, 11) is -1.54. The third-order valence-electron chi connectivity index (χ3n) is 9.57. The van der Waals surface area contributed by atoms with Gasteiger partial charge in [0.15, 0.2) is 0 Å². The van der Waals surface area contributed by atoms with Crippen molar-refractivity contribution in [1.82, 2.24) is 24.1 Å². The van der Waals surface area contributed by atoms with Gasteiger partial charge >= 0.3 is 6.18 Å². The van der Waals surface area contributed by atoms with Gasteiger partial charge in [0, 0.05) is 50.9 Å². The highest BCUT2D eigenvalue weighted by atomic mass is 32.2. The number of hydrogen-bond donors (Lipinski definition) is 0. The Balaban J connectivity index is 1.14. The first-order valence-corrected chi connectivity index (χ1v) is 16.9. The second kappa shape index (κ2) is 12.7. The van der Waals surface area contributed by atoms with Crippen LogP contribution in [0.5, 0.6) is 0 Å². The molecule has 0 unspecified atom stereocenters.